The average Bonchev–Trinajstić information content (AvgIpc) is 2.42. The van der Waals surface area contributed by atoms with Gasteiger partial charge in [-0.05, 0) is 19.8 Å². The molecule has 1 saturated heterocycles. The van der Waals surface area contributed by atoms with Gasteiger partial charge in [-0.2, -0.15) is 0 Å². The summed E-state index contributed by atoms with van der Waals surface area (Å²) in [5.74, 6) is -1.43. The first-order chi connectivity index (χ1) is 9.45. The van der Waals surface area contributed by atoms with Crippen LogP contribution >= 0.6 is 0 Å². The molecule has 20 heavy (non-hydrogen) atoms. The summed E-state index contributed by atoms with van der Waals surface area (Å²) >= 11 is 0. The molecule has 0 aromatic carbocycles. The molecule has 0 aliphatic carbocycles. The molecule has 7 nitrogen and oxygen atoms in total. The lowest BCUT2D eigenvalue weighted by Gasteiger charge is -2.31. The van der Waals surface area contributed by atoms with Crippen LogP contribution in [-0.2, 0) is 24.3 Å². The third-order valence-corrected chi connectivity index (χ3v) is 5.03. The molecular formula is C12H23NO6S. The highest BCUT2D eigenvalue weighted by Gasteiger charge is 2.28. The van der Waals surface area contributed by atoms with Crippen LogP contribution in [0.1, 0.15) is 26.2 Å². The van der Waals surface area contributed by atoms with Crippen molar-refractivity contribution in [3.8, 4) is 0 Å². The van der Waals surface area contributed by atoms with E-state index in [-0.39, 0.29) is 18.3 Å². The predicted molar refractivity (Wildman–Crippen MR) is 73.1 cm³/mol. The van der Waals surface area contributed by atoms with Crippen LogP contribution in [0.5, 0.6) is 0 Å². The van der Waals surface area contributed by atoms with Gasteiger partial charge in [0.15, 0.2) is 0 Å². The first-order valence-electron chi connectivity index (χ1n) is 6.84. The lowest BCUT2D eigenvalue weighted by molar-refractivity contribution is -0.136. The maximum Gasteiger partial charge on any atom is 0.304 e. The summed E-state index contributed by atoms with van der Waals surface area (Å²) in [4.78, 5) is 10.4. The van der Waals surface area contributed by atoms with Crippen molar-refractivity contribution >= 4 is 16.0 Å². The summed E-state index contributed by atoms with van der Waals surface area (Å²) < 4.78 is 35.9. The normalized spacial score (nSPS) is 18.2. The van der Waals surface area contributed by atoms with Crippen molar-refractivity contribution in [3.63, 3.8) is 0 Å². The number of hydrogen-bond donors (Lipinski definition) is 1. The standard InChI is InChI=1S/C12H23NO6S/c1-2-18-8-9-19-11-3-6-13(7-4-11)20(16,17)10-5-12(14)15/h11H,2-10H2,1H3,(H,14,15). The third-order valence-electron chi connectivity index (χ3n) is 3.15. The highest BCUT2D eigenvalue weighted by atomic mass is 32.2. The largest absolute Gasteiger partial charge is 0.481 e. The van der Waals surface area contributed by atoms with E-state index in [2.05, 4.69) is 0 Å². The summed E-state index contributed by atoms with van der Waals surface area (Å²) in [5, 5.41) is 8.54. The number of hydrogen-bond acceptors (Lipinski definition) is 5. The van der Waals surface area contributed by atoms with Crippen molar-refractivity contribution in [2.24, 2.45) is 0 Å². The third kappa shape index (κ3) is 6.17. The fourth-order valence-electron chi connectivity index (χ4n) is 2.04. The molecule has 0 aromatic rings. The van der Waals surface area contributed by atoms with Gasteiger partial charge in [0.2, 0.25) is 10.0 Å². The Morgan fingerprint density at radius 3 is 2.50 bits per heavy atom. The number of aliphatic carboxylic acids is 1. The van der Waals surface area contributed by atoms with Crippen molar-refractivity contribution in [2.45, 2.75) is 32.3 Å². The predicted octanol–water partition coefficient (Wildman–Crippen LogP) is 0.308. The maximum absolute atomic E-state index is 11.9. The number of carbonyl (C=O) groups is 1. The second-order valence-corrected chi connectivity index (χ2v) is 6.71. The van der Waals surface area contributed by atoms with Crippen LogP contribution in [0, 0.1) is 0 Å². The second-order valence-electron chi connectivity index (χ2n) is 4.63. The zero-order valence-electron chi connectivity index (χ0n) is 11.8. The Bertz CT molecular complexity index is 389. The Morgan fingerprint density at radius 2 is 1.95 bits per heavy atom. The van der Waals surface area contributed by atoms with Gasteiger partial charge in [0.05, 0.1) is 31.5 Å². The number of sulfonamides is 1. The van der Waals surface area contributed by atoms with E-state index in [1.807, 2.05) is 6.92 Å². The number of piperidine rings is 1. The van der Waals surface area contributed by atoms with Crippen LogP contribution in [0.25, 0.3) is 0 Å². The Kier molecular flexibility index (Phi) is 7.42. The Balaban J connectivity index is 2.28. The molecule has 0 unspecified atom stereocenters. The van der Waals surface area contributed by atoms with Gasteiger partial charge >= 0.3 is 5.97 Å². The minimum absolute atomic E-state index is 0.0568. The van der Waals surface area contributed by atoms with Crippen molar-refractivity contribution in [1.29, 1.82) is 0 Å². The monoisotopic (exact) mass is 309 g/mol. The minimum Gasteiger partial charge on any atom is -0.481 e. The smallest absolute Gasteiger partial charge is 0.304 e. The summed E-state index contributed by atoms with van der Waals surface area (Å²) in [6.45, 7) is 4.42. The van der Waals surface area contributed by atoms with Gasteiger partial charge in [-0.3, -0.25) is 4.79 Å². The quantitative estimate of drug-likeness (QED) is 0.616. The summed E-state index contributed by atoms with van der Waals surface area (Å²) in [6.07, 6.45) is 0.977. The molecule has 8 heteroatoms. The van der Waals surface area contributed by atoms with E-state index in [1.165, 1.54) is 4.31 Å². The average molecular weight is 309 g/mol. The summed E-state index contributed by atoms with van der Waals surface area (Å²) in [7, 11) is -3.46. The first kappa shape index (κ1) is 17.4. The molecule has 0 saturated carbocycles. The molecule has 1 heterocycles. The number of ether oxygens (including phenoxy) is 2. The van der Waals surface area contributed by atoms with Gasteiger partial charge in [0, 0.05) is 19.7 Å². The molecule has 1 rings (SSSR count). The molecular weight excluding hydrogens is 286 g/mol. The van der Waals surface area contributed by atoms with E-state index < -0.39 is 16.0 Å². The Morgan fingerprint density at radius 1 is 1.30 bits per heavy atom. The van der Waals surface area contributed by atoms with Crippen LogP contribution in [0.3, 0.4) is 0 Å². The van der Waals surface area contributed by atoms with Crippen LogP contribution < -0.4 is 0 Å². The lowest BCUT2D eigenvalue weighted by Crippen LogP contribution is -2.42. The van der Waals surface area contributed by atoms with E-state index in [9.17, 15) is 13.2 Å². The van der Waals surface area contributed by atoms with Crippen molar-refractivity contribution < 1.29 is 27.8 Å². The second kappa shape index (κ2) is 8.56. The molecule has 0 atom stereocenters. The molecule has 0 aromatic heterocycles. The van der Waals surface area contributed by atoms with Gasteiger partial charge in [-0.15, -0.1) is 0 Å². The summed E-state index contributed by atoms with van der Waals surface area (Å²) in [5.41, 5.74) is 0. The maximum atomic E-state index is 11.9. The van der Waals surface area contributed by atoms with Crippen LogP contribution in [0.2, 0.25) is 0 Å². The van der Waals surface area contributed by atoms with Gasteiger partial charge in [-0.25, -0.2) is 12.7 Å². The van der Waals surface area contributed by atoms with Gasteiger partial charge < -0.3 is 14.6 Å². The lowest BCUT2D eigenvalue weighted by atomic mass is 10.1. The van der Waals surface area contributed by atoms with Crippen LogP contribution in [0.15, 0.2) is 0 Å². The first-order valence-corrected chi connectivity index (χ1v) is 8.45. The molecule has 0 spiro atoms. The van der Waals surface area contributed by atoms with E-state index >= 15 is 0 Å². The topological polar surface area (TPSA) is 93.1 Å². The molecule has 1 aliphatic heterocycles. The molecule has 1 fully saturated rings. The SMILES string of the molecule is CCOCCOC1CCN(S(=O)(=O)CCC(=O)O)CC1. The number of rotatable bonds is 9. The molecule has 1 aliphatic rings. The zero-order chi connectivity index (χ0) is 15.0. The molecule has 0 bridgehead atoms. The van der Waals surface area contributed by atoms with Gasteiger partial charge in [0.25, 0.3) is 0 Å². The van der Waals surface area contributed by atoms with Crippen molar-refractivity contribution in [2.75, 3.05) is 38.7 Å². The van der Waals surface area contributed by atoms with Gasteiger partial charge in [0.1, 0.15) is 0 Å². The number of nitrogens with zero attached hydrogens (tertiary/aromatic N) is 1. The van der Waals surface area contributed by atoms with Crippen LogP contribution in [0.4, 0.5) is 0 Å². The zero-order valence-corrected chi connectivity index (χ0v) is 12.6. The van der Waals surface area contributed by atoms with Crippen LogP contribution in [-0.4, -0.2) is 68.6 Å². The molecule has 118 valence electrons. The van der Waals surface area contributed by atoms with Crippen molar-refractivity contribution in [3.05, 3.63) is 0 Å². The minimum atomic E-state index is -3.46. The molecule has 0 radical (unpaired) electrons. The van der Waals surface area contributed by atoms with Crippen molar-refractivity contribution in [1.82, 2.24) is 4.31 Å². The van der Waals surface area contributed by atoms with E-state index in [0.717, 1.165) is 0 Å². The van der Waals surface area contributed by atoms with E-state index in [0.29, 0.717) is 45.8 Å². The van der Waals surface area contributed by atoms with E-state index in [4.69, 9.17) is 14.6 Å². The fraction of sp³-hybridized carbons (Fsp3) is 0.917. The number of carboxylic acids is 1. The molecule has 0 amide bonds. The highest BCUT2D eigenvalue weighted by Crippen LogP contribution is 2.17. The highest BCUT2D eigenvalue weighted by molar-refractivity contribution is 7.89. The Hall–Kier alpha value is -0.700. The van der Waals surface area contributed by atoms with Gasteiger partial charge in [-0.1, -0.05) is 0 Å². The summed E-state index contributed by atoms with van der Waals surface area (Å²) in [6, 6.07) is 0. The molecule has 1 N–H and O–H groups in total. The van der Waals surface area contributed by atoms with E-state index in [1.54, 1.807) is 0 Å². The fourth-order valence-corrected chi connectivity index (χ4v) is 3.50. The number of carboxylic acid groups (broad SMARTS) is 1. The Labute approximate surface area is 119 Å².